The van der Waals surface area contributed by atoms with Crippen LogP contribution in [0.3, 0.4) is 0 Å². The summed E-state index contributed by atoms with van der Waals surface area (Å²) in [6.07, 6.45) is 0. The molecule has 1 heterocycles. The molecule has 3 rings (SSSR count). The van der Waals surface area contributed by atoms with Crippen molar-refractivity contribution in [1.29, 1.82) is 0 Å². The Labute approximate surface area is 161 Å². The molecule has 2 aromatic carbocycles. The third-order valence-corrected chi connectivity index (χ3v) is 5.89. The predicted molar refractivity (Wildman–Crippen MR) is 105 cm³/mol. The Morgan fingerprint density at radius 3 is 2.76 bits per heavy atom. The number of nitrogens with zero attached hydrogens (tertiary/aromatic N) is 1. The molecule has 0 saturated carbocycles. The van der Waals surface area contributed by atoms with Gasteiger partial charge in [-0.25, -0.2) is 4.79 Å². The van der Waals surface area contributed by atoms with Crippen LogP contribution in [-0.4, -0.2) is 29.8 Å². The van der Waals surface area contributed by atoms with Gasteiger partial charge in [0.15, 0.2) is 0 Å². The summed E-state index contributed by atoms with van der Waals surface area (Å²) in [6, 6.07) is 12.7. The minimum Gasteiger partial charge on any atom is -0.494 e. The first-order chi connectivity index (χ1) is 12.1. The highest BCUT2D eigenvalue weighted by Crippen LogP contribution is 2.42. The molecule has 1 saturated heterocycles. The summed E-state index contributed by atoms with van der Waals surface area (Å²) in [5.41, 5.74) is 1.58. The van der Waals surface area contributed by atoms with E-state index in [4.69, 9.17) is 27.9 Å². The van der Waals surface area contributed by atoms with Gasteiger partial charge in [0, 0.05) is 23.5 Å². The van der Waals surface area contributed by atoms with Crippen LogP contribution in [0.15, 0.2) is 42.5 Å². The van der Waals surface area contributed by atoms with Crippen LogP contribution in [0.4, 0.5) is 10.5 Å². The average Bonchev–Trinajstić information content (AvgIpc) is 3.09. The van der Waals surface area contributed by atoms with Gasteiger partial charge in [-0.3, -0.25) is 0 Å². The normalized spacial score (nSPS) is 16.8. The molecule has 0 bridgehead atoms. The van der Waals surface area contributed by atoms with E-state index < -0.39 is 0 Å². The number of rotatable bonds is 4. The van der Waals surface area contributed by atoms with Crippen LogP contribution in [0.5, 0.6) is 5.75 Å². The molecule has 0 radical (unpaired) electrons. The molecule has 1 fully saturated rings. The van der Waals surface area contributed by atoms with Crippen LogP contribution >= 0.6 is 35.0 Å². The van der Waals surface area contributed by atoms with Gasteiger partial charge >= 0.3 is 6.03 Å². The first-order valence-corrected chi connectivity index (χ1v) is 9.76. The number of urea groups is 1. The summed E-state index contributed by atoms with van der Waals surface area (Å²) in [7, 11) is 0. The summed E-state index contributed by atoms with van der Waals surface area (Å²) in [5, 5.41) is 3.79. The molecule has 132 valence electrons. The van der Waals surface area contributed by atoms with E-state index in [-0.39, 0.29) is 11.4 Å². The molecule has 4 nitrogen and oxygen atoms in total. The fourth-order valence-corrected chi connectivity index (χ4v) is 4.40. The second-order valence-electron chi connectivity index (χ2n) is 5.45. The lowest BCUT2D eigenvalue weighted by atomic mass is 10.2. The fraction of sp³-hybridized carbons (Fsp3) is 0.278. The zero-order valence-electron chi connectivity index (χ0n) is 13.7. The number of amides is 2. The highest BCUT2D eigenvalue weighted by molar-refractivity contribution is 7.99. The third kappa shape index (κ3) is 4.17. The van der Waals surface area contributed by atoms with Crippen molar-refractivity contribution in [1.82, 2.24) is 4.90 Å². The quantitative estimate of drug-likeness (QED) is 0.723. The molecule has 0 aliphatic carbocycles. The van der Waals surface area contributed by atoms with E-state index in [1.165, 1.54) is 0 Å². The Bertz CT molecular complexity index is 755. The zero-order valence-corrected chi connectivity index (χ0v) is 16.0. The maximum atomic E-state index is 12.7. The van der Waals surface area contributed by atoms with Crippen molar-refractivity contribution in [3.63, 3.8) is 0 Å². The number of ether oxygens (including phenoxy) is 1. The summed E-state index contributed by atoms with van der Waals surface area (Å²) in [6.45, 7) is 3.20. The van der Waals surface area contributed by atoms with Gasteiger partial charge in [0.05, 0.1) is 16.7 Å². The van der Waals surface area contributed by atoms with Gasteiger partial charge < -0.3 is 15.0 Å². The van der Waals surface area contributed by atoms with Crippen LogP contribution in [0.1, 0.15) is 17.9 Å². The molecule has 0 aromatic heterocycles. The van der Waals surface area contributed by atoms with E-state index in [1.807, 2.05) is 43.3 Å². The molecule has 1 N–H and O–H groups in total. The molecule has 0 spiro atoms. The van der Waals surface area contributed by atoms with E-state index >= 15 is 0 Å². The molecule has 0 unspecified atom stereocenters. The number of carbonyl (C=O) groups is 1. The molecular formula is C18H18Cl2N2O2S. The third-order valence-electron chi connectivity index (χ3n) is 3.82. The maximum Gasteiger partial charge on any atom is 0.323 e. The van der Waals surface area contributed by atoms with Crippen LogP contribution in [0, 0.1) is 0 Å². The second kappa shape index (κ2) is 8.21. The van der Waals surface area contributed by atoms with Gasteiger partial charge in [-0.15, -0.1) is 11.8 Å². The lowest BCUT2D eigenvalue weighted by Crippen LogP contribution is -2.34. The summed E-state index contributed by atoms with van der Waals surface area (Å²) in [5.74, 6) is 1.63. The second-order valence-corrected chi connectivity index (χ2v) is 7.42. The summed E-state index contributed by atoms with van der Waals surface area (Å²) >= 11 is 14.1. The average molecular weight is 397 g/mol. The predicted octanol–water partition coefficient (Wildman–Crippen LogP) is 5.67. The van der Waals surface area contributed by atoms with Gasteiger partial charge in [-0.1, -0.05) is 35.3 Å². The molecule has 2 aromatic rings. The van der Waals surface area contributed by atoms with E-state index in [0.29, 0.717) is 23.2 Å². The molecule has 1 aliphatic heterocycles. The Balaban J connectivity index is 1.73. The van der Waals surface area contributed by atoms with Crippen molar-refractivity contribution in [2.75, 3.05) is 24.2 Å². The molecule has 2 amide bonds. The summed E-state index contributed by atoms with van der Waals surface area (Å²) < 4.78 is 5.41. The lowest BCUT2D eigenvalue weighted by Gasteiger charge is -2.25. The van der Waals surface area contributed by atoms with Gasteiger partial charge in [0.2, 0.25) is 0 Å². The van der Waals surface area contributed by atoms with Gasteiger partial charge in [0.1, 0.15) is 11.1 Å². The van der Waals surface area contributed by atoms with E-state index in [9.17, 15) is 4.79 Å². The molecule has 25 heavy (non-hydrogen) atoms. The minimum atomic E-state index is -0.157. The van der Waals surface area contributed by atoms with E-state index in [0.717, 1.165) is 22.8 Å². The van der Waals surface area contributed by atoms with Crippen LogP contribution in [0.25, 0.3) is 0 Å². The Morgan fingerprint density at radius 1 is 1.28 bits per heavy atom. The standard InChI is InChI=1S/C18H18Cl2N2O2S/c1-2-24-13-8-6-12(7-9-13)21-18(23)22-10-11-25-17(22)14-4-3-5-15(19)16(14)20/h3-9,17H,2,10-11H2,1H3,(H,21,23)/t17-/m0/s1. The summed E-state index contributed by atoms with van der Waals surface area (Å²) in [4.78, 5) is 14.5. The first-order valence-electron chi connectivity index (χ1n) is 7.96. The van der Waals surface area contributed by atoms with E-state index in [2.05, 4.69) is 5.32 Å². The molecular weight excluding hydrogens is 379 g/mol. The Hall–Kier alpha value is -1.56. The fourth-order valence-electron chi connectivity index (χ4n) is 2.64. The van der Waals surface area contributed by atoms with Crippen molar-refractivity contribution < 1.29 is 9.53 Å². The van der Waals surface area contributed by atoms with Crippen molar-refractivity contribution in [2.24, 2.45) is 0 Å². The number of hydrogen-bond donors (Lipinski definition) is 1. The number of carbonyl (C=O) groups excluding carboxylic acids is 1. The van der Waals surface area contributed by atoms with E-state index in [1.54, 1.807) is 22.7 Å². The number of thioether (sulfide) groups is 1. The number of anilines is 1. The molecule has 1 aliphatic rings. The largest absolute Gasteiger partial charge is 0.494 e. The van der Waals surface area contributed by atoms with Crippen LogP contribution in [0.2, 0.25) is 10.0 Å². The van der Waals surface area contributed by atoms with Crippen molar-refractivity contribution in [3.8, 4) is 5.75 Å². The van der Waals surface area contributed by atoms with Crippen molar-refractivity contribution in [2.45, 2.75) is 12.3 Å². The van der Waals surface area contributed by atoms with Gasteiger partial charge in [-0.2, -0.15) is 0 Å². The van der Waals surface area contributed by atoms with Crippen LogP contribution in [-0.2, 0) is 0 Å². The number of halogens is 2. The Kier molecular flexibility index (Phi) is 5.99. The monoisotopic (exact) mass is 396 g/mol. The topological polar surface area (TPSA) is 41.6 Å². The van der Waals surface area contributed by atoms with Gasteiger partial charge in [0.25, 0.3) is 0 Å². The number of nitrogens with one attached hydrogen (secondary N) is 1. The highest BCUT2D eigenvalue weighted by Gasteiger charge is 2.32. The zero-order chi connectivity index (χ0) is 17.8. The Morgan fingerprint density at radius 2 is 2.04 bits per heavy atom. The smallest absolute Gasteiger partial charge is 0.323 e. The van der Waals surface area contributed by atoms with Crippen molar-refractivity contribution >= 4 is 46.7 Å². The molecule has 7 heteroatoms. The first kappa shape index (κ1) is 18.2. The SMILES string of the molecule is CCOc1ccc(NC(=O)N2CCS[C@H]2c2cccc(Cl)c2Cl)cc1. The highest BCUT2D eigenvalue weighted by atomic mass is 35.5. The number of benzene rings is 2. The maximum absolute atomic E-state index is 12.7. The van der Waals surface area contributed by atoms with Gasteiger partial charge in [-0.05, 0) is 37.3 Å². The molecule has 1 atom stereocenters. The lowest BCUT2D eigenvalue weighted by molar-refractivity contribution is 0.214. The minimum absolute atomic E-state index is 0.145. The number of hydrogen-bond acceptors (Lipinski definition) is 3. The van der Waals surface area contributed by atoms with Crippen LogP contribution < -0.4 is 10.1 Å². The van der Waals surface area contributed by atoms with Crippen molar-refractivity contribution in [3.05, 3.63) is 58.1 Å².